The van der Waals surface area contributed by atoms with E-state index >= 15 is 0 Å². The summed E-state index contributed by atoms with van der Waals surface area (Å²) in [5.41, 5.74) is -0.0529. The highest BCUT2D eigenvalue weighted by Gasteiger charge is 2.16. The Labute approximate surface area is 134 Å². The second-order valence-electron chi connectivity index (χ2n) is 4.06. The summed E-state index contributed by atoms with van der Waals surface area (Å²) in [6, 6.07) is 10.0. The zero-order valence-corrected chi connectivity index (χ0v) is 13.5. The number of carboxylic acids is 1. The molecule has 0 heterocycles. The van der Waals surface area contributed by atoms with Crippen LogP contribution >= 0.6 is 27.5 Å². The average Bonchev–Trinajstić information content (AvgIpc) is 2.40. The zero-order chi connectivity index (χ0) is 15.6. The number of rotatable bonds is 4. The maximum Gasteiger partial charge on any atom is 0.337 e. The lowest BCUT2D eigenvalue weighted by Gasteiger charge is -2.09. The van der Waals surface area contributed by atoms with Gasteiger partial charge in [0.2, 0.25) is 0 Å². The first-order valence-electron chi connectivity index (χ1n) is 5.61. The predicted molar refractivity (Wildman–Crippen MR) is 83.4 cm³/mol. The van der Waals surface area contributed by atoms with Crippen LogP contribution in [0, 0.1) is 0 Å². The Morgan fingerprint density at radius 3 is 2.52 bits per heavy atom. The minimum Gasteiger partial charge on any atom is -0.478 e. The number of anilines is 1. The van der Waals surface area contributed by atoms with Gasteiger partial charge in [-0.05, 0) is 36.4 Å². The summed E-state index contributed by atoms with van der Waals surface area (Å²) in [5.74, 6) is -1.23. The van der Waals surface area contributed by atoms with E-state index in [9.17, 15) is 13.2 Å². The third kappa shape index (κ3) is 3.75. The molecule has 0 saturated heterocycles. The van der Waals surface area contributed by atoms with Crippen LogP contribution in [0.25, 0.3) is 0 Å². The van der Waals surface area contributed by atoms with E-state index in [1.165, 1.54) is 30.3 Å². The number of carbonyl (C=O) groups is 1. The molecule has 0 saturated carbocycles. The van der Waals surface area contributed by atoms with Gasteiger partial charge in [0.15, 0.2) is 0 Å². The lowest BCUT2D eigenvalue weighted by molar-refractivity contribution is 0.0697. The first-order chi connectivity index (χ1) is 9.79. The largest absolute Gasteiger partial charge is 0.478 e. The van der Waals surface area contributed by atoms with Gasteiger partial charge in [-0.3, -0.25) is 4.72 Å². The van der Waals surface area contributed by atoms with E-state index in [-0.39, 0.29) is 21.2 Å². The Morgan fingerprint density at radius 2 is 1.90 bits per heavy atom. The van der Waals surface area contributed by atoms with E-state index in [4.69, 9.17) is 16.7 Å². The number of nitrogens with one attached hydrogen (secondary N) is 1. The van der Waals surface area contributed by atoms with E-state index in [2.05, 4.69) is 20.7 Å². The highest BCUT2D eigenvalue weighted by atomic mass is 79.9. The fraction of sp³-hybridized carbons (Fsp3) is 0. The van der Waals surface area contributed by atoms with Crippen LogP contribution in [0.5, 0.6) is 0 Å². The number of hydrogen-bond acceptors (Lipinski definition) is 3. The fourth-order valence-corrected chi connectivity index (χ4v) is 3.44. The molecule has 110 valence electrons. The van der Waals surface area contributed by atoms with Gasteiger partial charge in [0.25, 0.3) is 10.0 Å². The molecule has 2 aromatic rings. The number of hydrogen-bond donors (Lipinski definition) is 2. The molecule has 0 bridgehead atoms. The summed E-state index contributed by atoms with van der Waals surface area (Å²) in [4.78, 5) is 11.0. The first-order valence-corrected chi connectivity index (χ1v) is 8.26. The average molecular weight is 391 g/mol. The molecule has 0 atom stereocenters. The summed E-state index contributed by atoms with van der Waals surface area (Å²) in [5, 5.41) is 9.01. The topological polar surface area (TPSA) is 83.5 Å². The fourth-order valence-electron chi connectivity index (χ4n) is 1.60. The molecule has 0 radical (unpaired) electrons. The van der Waals surface area contributed by atoms with Gasteiger partial charge in [-0.25, -0.2) is 13.2 Å². The summed E-state index contributed by atoms with van der Waals surface area (Å²) >= 11 is 8.93. The van der Waals surface area contributed by atoms with Crippen molar-refractivity contribution in [1.29, 1.82) is 0 Å². The number of aromatic carboxylic acids is 1. The predicted octanol–water partition coefficient (Wildman–Crippen LogP) is 3.60. The van der Waals surface area contributed by atoms with E-state index in [1.54, 1.807) is 12.1 Å². The van der Waals surface area contributed by atoms with E-state index in [0.717, 1.165) is 0 Å². The normalized spacial score (nSPS) is 11.1. The van der Waals surface area contributed by atoms with Gasteiger partial charge in [0, 0.05) is 10.2 Å². The van der Waals surface area contributed by atoms with Gasteiger partial charge >= 0.3 is 5.97 Å². The smallest absolute Gasteiger partial charge is 0.337 e. The van der Waals surface area contributed by atoms with Crippen LogP contribution in [0.1, 0.15) is 10.4 Å². The lowest BCUT2D eigenvalue weighted by Crippen LogP contribution is -2.13. The van der Waals surface area contributed by atoms with Crippen molar-refractivity contribution < 1.29 is 18.3 Å². The second kappa shape index (κ2) is 6.05. The molecule has 2 rings (SSSR count). The summed E-state index contributed by atoms with van der Waals surface area (Å²) in [6.07, 6.45) is 0. The summed E-state index contributed by atoms with van der Waals surface area (Å²) in [7, 11) is -3.81. The summed E-state index contributed by atoms with van der Waals surface area (Å²) in [6.45, 7) is 0. The Balaban J connectivity index is 2.37. The maximum absolute atomic E-state index is 12.2. The van der Waals surface area contributed by atoms with Gasteiger partial charge < -0.3 is 5.11 Å². The van der Waals surface area contributed by atoms with Crippen molar-refractivity contribution in [2.75, 3.05) is 4.72 Å². The molecule has 8 heteroatoms. The Kier molecular flexibility index (Phi) is 4.55. The first kappa shape index (κ1) is 15.8. The lowest BCUT2D eigenvalue weighted by atomic mass is 10.2. The molecule has 0 aliphatic rings. The van der Waals surface area contributed by atoms with Crippen molar-refractivity contribution in [2.24, 2.45) is 0 Å². The van der Waals surface area contributed by atoms with Crippen molar-refractivity contribution in [2.45, 2.75) is 4.90 Å². The monoisotopic (exact) mass is 389 g/mol. The van der Waals surface area contributed by atoms with Crippen LogP contribution in [0.4, 0.5) is 5.69 Å². The summed E-state index contributed by atoms with van der Waals surface area (Å²) < 4.78 is 27.3. The Bertz CT molecular complexity index is 808. The van der Waals surface area contributed by atoms with E-state index < -0.39 is 16.0 Å². The zero-order valence-electron chi connectivity index (χ0n) is 10.4. The Hall–Kier alpha value is -1.57. The van der Waals surface area contributed by atoms with E-state index in [1.807, 2.05) is 0 Å². The van der Waals surface area contributed by atoms with Crippen molar-refractivity contribution in [3.8, 4) is 0 Å². The van der Waals surface area contributed by atoms with Gasteiger partial charge in [-0.15, -0.1) is 0 Å². The van der Waals surface area contributed by atoms with Crippen molar-refractivity contribution in [3.05, 3.63) is 57.5 Å². The SMILES string of the molecule is O=C(O)c1cc(NS(=O)(=O)c2cccc(Br)c2)ccc1Cl. The molecule has 0 unspecified atom stereocenters. The maximum atomic E-state index is 12.2. The molecule has 0 spiro atoms. The molecular formula is C13H9BrClNO4S. The Morgan fingerprint density at radius 1 is 1.19 bits per heavy atom. The molecule has 2 aromatic carbocycles. The molecule has 0 amide bonds. The van der Waals surface area contributed by atoms with Gasteiger partial charge in [-0.1, -0.05) is 33.6 Å². The quantitative estimate of drug-likeness (QED) is 0.835. The minimum atomic E-state index is -3.81. The van der Waals surface area contributed by atoms with Crippen LogP contribution in [-0.4, -0.2) is 19.5 Å². The standard InChI is InChI=1S/C13H9BrClNO4S/c14-8-2-1-3-10(6-8)21(19,20)16-9-4-5-12(15)11(7-9)13(17)18/h1-7,16H,(H,17,18). The molecule has 0 aliphatic heterocycles. The molecule has 2 N–H and O–H groups in total. The molecule has 5 nitrogen and oxygen atoms in total. The van der Waals surface area contributed by atoms with Gasteiger partial charge in [-0.2, -0.15) is 0 Å². The third-order valence-corrected chi connectivity index (χ3v) is 4.76. The van der Waals surface area contributed by atoms with Crippen molar-refractivity contribution in [3.63, 3.8) is 0 Å². The number of carboxylic acid groups (broad SMARTS) is 1. The van der Waals surface area contributed by atoms with Gasteiger partial charge in [0.1, 0.15) is 0 Å². The van der Waals surface area contributed by atoms with Crippen LogP contribution in [0.2, 0.25) is 5.02 Å². The van der Waals surface area contributed by atoms with Crippen LogP contribution < -0.4 is 4.72 Å². The van der Waals surface area contributed by atoms with Crippen LogP contribution in [-0.2, 0) is 10.0 Å². The van der Waals surface area contributed by atoms with Crippen molar-refractivity contribution in [1.82, 2.24) is 0 Å². The van der Waals surface area contributed by atoms with Crippen molar-refractivity contribution >= 4 is 49.2 Å². The highest BCUT2D eigenvalue weighted by molar-refractivity contribution is 9.10. The van der Waals surface area contributed by atoms with Crippen LogP contribution in [0.15, 0.2) is 51.8 Å². The molecule has 21 heavy (non-hydrogen) atoms. The minimum absolute atomic E-state index is 0.0351. The highest BCUT2D eigenvalue weighted by Crippen LogP contribution is 2.24. The van der Waals surface area contributed by atoms with E-state index in [0.29, 0.717) is 4.47 Å². The molecule has 0 aromatic heterocycles. The number of benzene rings is 2. The molecule has 0 aliphatic carbocycles. The number of halogens is 2. The van der Waals surface area contributed by atoms with Gasteiger partial charge in [0.05, 0.1) is 15.5 Å². The second-order valence-corrected chi connectivity index (χ2v) is 7.07. The molecule has 0 fully saturated rings. The number of sulfonamides is 1. The third-order valence-electron chi connectivity index (χ3n) is 2.56. The van der Waals surface area contributed by atoms with Crippen LogP contribution in [0.3, 0.4) is 0 Å². The molecular weight excluding hydrogens is 382 g/mol.